The van der Waals surface area contributed by atoms with E-state index in [2.05, 4.69) is 17.0 Å². The molecule has 4 rings (SSSR count). The van der Waals surface area contributed by atoms with Crippen LogP contribution in [0.25, 0.3) is 0 Å². The minimum atomic E-state index is -0.242. The molecule has 0 bridgehead atoms. The molecule has 0 N–H and O–H groups in total. The lowest BCUT2D eigenvalue weighted by Gasteiger charge is -2.32. The predicted octanol–water partition coefficient (Wildman–Crippen LogP) is 3.94. The molecule has 2 aliphatic heterocycles. The Bertz CT molecular complexity index is 830. The van der Waals surface area contributed by atoms with E-state index in [9.17, 15) is 9.59 Å². The molecule has 1 fully saturated rings. The van der Waals surface area contributed by atoms with Crippen LogP contribution in [0.2, 0.25) is 0 Å². The van der Waals surface area contributed by atoms with E-state index in [0.717, 1.165) is 37.9 Å². The predicted molar refractivity (Wildman–Crippen MR) is 103 cm³/mol. The van der Waals surface area contributed by atoms with E-state index in [1.807, 2.05) is 36.4 Å². The van der Waals surface area contributed by atoms with E-state index in [1.54, 1.807) is 18.2 Å². The molecule has 0 aliphatic carbocycles. The van der Waals surface area contributed by atoms with Crippen LogP contribution >= 0.6 is 0 Å². The second kappa shape index (κ2) is 7.16. The van der Waals surface area contributed by atoms with Crippen LogP contribution in [0.4, 0.5) is 11.4 Å². The van der Waals surface area contributed by atoms with Crippen molar-refractivity contribution in [3.8, 4) is 0 Å². The maximum atomic E-state index is 13.1. The van der Waals surface area contributed by atoms with E-state index >= 15 is 0 Å². The lowest BCUT2D eigenvalue weighted by atomic mass is 10.00. The van der Waals surface area contributed by atoms with Crippen LogP contribution in [0.3, 0.4) is 0 Å². The zero-order valence-corrected chi connectivity index (χ0v) is 14.7. The first kappa shape index (κ1) is 16.6. The minimum absolute atomic E-state index is 0.0509. The van der Waals surface area contributed by atoms with Crippen LogP contribution < -0.4 is 9.80 Å². The summed E-state index contributed by atoms with van der Waals surface area (Å²) >= 11 is 0. The quantitative estimate of drug-likeness (QED) is 0.791. The molecule has 1 atom stereocenters. The minimum Gasteiger partial charge on any atom is -0.364 e. The number of rotatable bonds is 3. The van der Waals surface area contributed by atoms with E-state index in [1.165, 1.54) is 4.90 Å². The first-order valence-corrected chi connectivity index (χ1v) is 9.22. The summed E-state index contributed by atoms with van der Waals surface area (Å²) in [6, 6.07) is 19.3. The van der Waals surface area contributed by atoms with Gasteiger partial charge in [0, 0.05) is 23.9 Å². The largest absolute Gasteiger partial charge is 0.364 e. The summed E-state index contributed by atoms with van der Waals surface area (Å²) in [5.74, 6) is -0.428. The van der Waals surface area contributed by atoms with Crippen LogP contribution in [0.1, 0.15) is 25.7 Å². The molecule has 4 nitrogen and oxygen atoms in total. The Hall–Kier alpha value is -2.88. The standard InChI is InChI=1S/C22H22N2O2/c25-21-16-19(22(26)24(21)18-12-6-2-7-13-18)20-14-8-3-9-15-23(20)17-10-4-1-5-11-17/h1-2,4-7,10-13,16,20H,3,8-9,14-15H2. The molecule has 2 aromatic rings. The monoisotopic (exact) mass is 346 g/mol. The van der Waals surface area contributed by atoms with Crippen LogP contribution in [0, 0.1) is 0 Å². The normalized spacial score (nSPS) is 20.9. The average Bonchev–Trinajstić information content (AvgIpc) is 2.85. The van der Waals surface area contributed by atoms with Gasteiger partial charge in [-0.15, -0.1) is 0 Å². The summed E-state index contributed by atoms with van der Waals surface area (Å²) in [5, 5.41) is 0. The molecule has 2 aromatic carbocycles. The summed E-state index contributed by atoms with van der Waals surface area (Å²) < 4.78 is 0. The van der Waals surface area contributed by atoms with Crippen LogP contribution in [-0.2, 0) is 9.59 Å². The molecule has 26 heavy (non-hydrogen) atoms. The molecule has 132 valence electrons. The first-order valence-electron chi connectivity index (χ1n) is 9.22. The number of carbonyl (C=O) groups excluding carboxylic acids is 2. The zero-order chi connectivity index (χ0) is 17.9. The lowest BCUT2D eigenvalue weighted by molar-refractivity contribution is -0.120. The molecule has 0 radical (unpaired) electrons. The van der Waals surface area contributed by atoms with Gasteiger partial charge in [-0.3, -0.25) is 9.59 Å². The van der Waals surface area contributed by atoms with Crippen LogP contribution in [-0.4, -0.2) is 24.4 Å². The number of para-hydroxylation sites is 2. The Morgan fingerprint density at radius 2 is 1.42 bits per heavy atom. The van der Waals surface area contributed by atoms with E-state index < -0.39 is 0 Å². The second-order valence-electron chi connectivity index (χ2n) is 6.81. The number of hydrogen-bond acceptors (Lipinski definition) is 3. The Morgan fingerprint density at radius 1 is 0.769 bits per heavy atom. The van der Waals surface area contributed by atoms with Gasteiger partial charge in [-0.1, -0.05) is 49.2 Å². The number of benzene rings is 2. The van der Waals surface area contributed by atoms with Crippen molar-refractivity contribution in [1.29, 1.82) is 0 Å². The SMILES string of the molecule is O=C1C=C(C2CCCCCN2c2ccccc2)C(=O)N1c1ccccc1. The van der Waals surface area contributed by atoms with Gasteiger partial charge in [0.15, 0.2) is 0 Å². The smallest absolute Gasteiger partial charge is 0.263 e. The molecule has 2 aliphatic rings. The number of carbonyl (C=O) groups is 2. The van der Waals surface area contributed by atoms with E-state index in [4.69, 9.17) is 0 Å². The highest BCUT2D eigenvalue weighted by molar-refractivity contribution is 6.31. The van der Waals surface area contributed by atoms with Gasteiger partial charge in [-0.25, -0.2) is 4.90 Å². The molecule has 1 unspecified atom stereocenters. The van der Waals surface area contributed by atoms with E-state index in [0.29, 0.717) is 11.3 Å². The number of hydrogen-bond donors (Lipinski definition) is 0. The molecule has 0 saturated carbocycles. The number of nitrogens with zero attached hydrogens (tertiary/aromatic N) is 2. The maximum Gasteiger partial charge on any atom is 0.263 e. The molecular formula is C22H22N2O2. The summed E-state index contributed by atoms with van der Waals surface area (Å²) in [7, 11) is 0. The molecular weight excluding hydrogens is 324 g/mol. The summed E-state index contributed by atoms with van der Waals surface area (Å²) in [5.41, 5.74) is 2.36. The highest BCUT2D eigenvalue weighted by Crippen LogP contribution is 2.32. The molecule has 4 heteroatoms. The zero-order valence-electron chi connectivity index (χ0n) is 14.7. The number of imide groups is 1. The summed E-state index contributed by atoms with van der Waals surface area (Å²) in [6.45, 7) is 0.902. The highest BCUT2D eigenvalue weighted by Gasteiger charge is 2.38. The van der Waals surface area contributed by atoms with Gasteiger partial charge in [0.1, 0.15) is 0 Å². The number of anilines is 2. The molecule has 1 saturated heterocycles. The van der Waals surface area contributed by atoms with Crippen molar-refractivity contribution < 1.29 is 9.59 Å². The molecule has 2 heterocycles. The van der Waals surface area contributed by atoms with Crippen molar-refractivity contribution in [3.05, 3.63) is 72.3 Å². The maximum absolute atomic E-state index is 13.1. The third-order valence-electron chi connectivity index (χ3n) is 5.16. The average molecular weight is 346 g/mol. The molecule has 2 amide bonds. The van der Waals surface area contributed by atoms with Crippen molar-refractivity contribution >= 4 is 23.2 Å². The van der Waals surface area contributed by atoms with Gasteiger partial charge in [0.2, 0.25) is 0 Å². The fourth-order valence-electron chi connectivity index (χ4n) is 3.91. The van der Waals surface area contributed by atoms with Crippen LogP contribution in [0.5, 0.6) is 0 Å². The van der Waals surface area contributed by atoms with Crippen molar-refractivity contribution in [2.75, 3.05) is 16.3 Å². The van der Waals surface area contributed by atoms with Crippen LogP contribution in [0.15, 0.2) is 72.3 Å². The Balaban J connectivity index is 1.67. The molecule has 0 aromatic heterocycles. The molecule has 0 spiro atoms. The fourth-order valence-corrected chi connectivity index (χ4v) is 3.91. The van der Waals surface area contributed by atoms with Gasteiger partial charge >= 0.3 is 0 Å². The van der Waals surface area contributed by atoms with E-state index in [-0.39, 0.29) is 17.9 Å². The second-order valence-corrected chi connectivity index (χ2v) is 6.81. The summed E-state index contributed by atoms with van der Waals surface area (Å²) in [6.07, 6.45) is 5.75. The van der Waals surface area contributed by atoms with Gasteiger partial charge in [0.05, 0.1) is 11.7 Å². The van der Waals surface area contributed by atoms with Gasteiger partial charge in [-0.2, -0.15) is 0 Å². The Kier molecular flexibility index (Phi) is 4.57. The fraction of sp³-hybridized carbons (Fsp3) is 0.273. The lowest BCUT2D eigenvalue weighted by Crippen LogP contribution is -2.40. The van der Waals surface area contributed by atoms with Gasteiger partial charge in [-0.05, 0) is 37.1 Å². The topological polar surface area (TPSA) is 40.6 Å². The van der Waals surface area contributed by atoms with Gasteiger partial charge < -0.3 is 4.90 Å². The third kappa shape index (κ3) is 3.03. The number of amides is 2. The Labute approximate surface area is 153 Å². The third-order valence-corrected chi connectivity index (χ3v) is 5.16. The highest BCUT2D eigenvalue weighted by atomic mass is 16.2. The van der Waals surface area contributed by atoms with Crippen molar-refractivity contribution in [2.45, 2.75) is 31.7 Å². The van der Waals surface area contributed by atoms with Crippen molar-refractivity contribution in [3.63, 3.8) is 0 Å². The Morgan fingerprint density at radius 3 is 2.12 bits per heavy atom. The summed E-state index contributed by atoms with van der Waals surface area (Å²) in [4.78, 5) is 29.3. The van der Waals surface area contributed by atoms with Crippen molar-refractivity contribution in [1.82, 2.24) is 0 Å². The van der Waals surface area contributed by atoms with Crippen molar-refractivity contribution in [2.24, 2.45) is 0 Å². The van der Waals surface area contributed by atoms with Gasteiger partial charge in [0.25, 0.3) is 11.8 Å². The first-order chi connectivity index (χ1) is 12.8.